The second-order valence-electron chi connectivity index (χ2n) is 4.91. The molecule has 0 unspecified atom stereocenters. The Morgan fingerprint density at radius 3 is 2.85 bits per heavy atom. The highest BCUT2D eigenvalue weighted by Crippen LogP contribution is 2.34. The van der Waals surface area contributed by atoms with Crippen molar-refractivity contribution in [1.82, 2.24) is 4.90 Å². The minimum atomic E-state index is -0.0277. The van der Waals surface area contributed by atoms with Crippen LogP contribution in [0.15, 0.2) is 18.2 Å². The first-order valence-corrected chi connectivity index (χ1v) is 7.08. The molecule has 1 amide bonds. The molecule has 20 heavy (non-hydrogen) atoms. The van der Waals surface area contributed by atoms with Crippen LogP contribution in [0.4, 0.5) is 0 Å². The van der Waals surface area contributed by atoms with E-state index in [2.05, 4.69) is 0 Å². The SMILES string of the molecule is CN(CCCCCN)C(=O)c1cccc2c1OCCO2. The minimum absolute atomic E-state index is 0.0277. The van der Waals surface area contributed by atoms with Crippen LogP contribution in [0.1, 0.15) is 29.6 Å². The molecule has 0 saturated heterocycles. The molecule has 0 saturated carbocycles. The molecule has 1 aliphatic heterocycles. The van der Waals surface area contributed by atoms with Crippen LogP contribution in [0.5, 0.6) is 11.5 Å². The van der Waals surface area contributed by atoms with Crippen LogP contribution in [0.3, 0.4) is 0 Å². The number of rotatable bonds is 6. The van der Waals surface area contributed by atoms with Crippen molar-refractivity contribution in [2.45, 2.75) is 19.3 Å². The maximum atomic E-state index is 12.4. The number of carbonyl (C=O) groups is 1. The van der Waals surface area contributed by atoms with Crippen LogP contribution < -0.4 is 15.2 Å². The van der Waals surface area contributed by atoms with Crippen molar-refractivity contribution in [2.75, 3.05) is 33.4 Å². The fourth-order valence-electron chi connectivity index (χ4n) is 2.22. The van der Waals surface area contributed by atoms with E-state index in [0.29, 0.717) is 36.8 Å². The number of fused-ring (bicyclic) bond motifs is 1. The fourth-order valence-corrected chi connectivity index (χ4v) is 2.22. The lowest BCUT2D eigenvalue weighted by atomic mass is 10.1. The van der Waals surface area contributed by atoms with E-state index < -0.39 is 0 Å². The van der Waals surface area contributed by atoms with Gasteiger partial charge in [0.1, 0.15) is 13.2 Å². The number of hydrogen-bond acceptors (Lipinski definition) is 4. The zero-order valence-electron chi connectivity index (χ0n) is 11.9. The van der Waals surface area contributed by atoms with E-state index in [-0.39, 0.29) is 5.91 Å². The van der Waals surface area contributed by atoms with Crippen LogP contribution in [0.2, 0.25) is 0 Å². The van der Waals surface area contributed by atoms with Crippen molar-refractivity contribution in [3.8, 4) is 11.5 Å². The van der Waals surface area contributed by atoms with Gasteiger partial charge < -0.3 is 20.1 Å². The first-order valence-electron chi connectivity index (χ1n) is 7.08. The van der Waals surface area contributed by atoms with Crippen LogP contribution in [0.25, 0.3) is 0 Å². The molecule has 5 heteroatoms. The molecule has 2 rings (SSSR count). The smallest absolute Gasteiger partial charge is 0.257 e. The number of ether oxygens (including phenoxy) is 2. The van der Waals surface area contributed by atoms with E-state index in [4.69, 9.17) is 15.2 Å². The van der Waals surface area contributed by atoms with Crippen molar-refractivity contribution < 1.29 is 14.3 Å². The van der Waals surface area contributed by atoms with E-state index in [1.807, 2.05) is 19.2 Å². The van der Waals surface area contributed by atoms with Crippen LogP contribution >= 0.6 is 0 Å². The van der Waals surface area contributed by atoms with Crippen LogP contribution in [0, 0.1) is 0 Å². The Morgan fingerprint density at radius 2 is 2.05 bits per heavy atom. The highest BCUT2D eigenvalue weighted by Gasteiger charge is 2.22. The van der Waals surface area contributed by atoms with Crippen LogP contribution in [-0.4, -0.2) is 44.2 Å². The molecule has 2 N–H and O–H groups in total. The summed E-state index contributed by atoms with van der Waals surface area (Å²) in [6.45, 7) is 2.44. The van der Waals surface area contributed by atoms with Crippen molar-refractivity contribution in [1.29, 1.82) is 0 Å². The molecule has 110 valence electrons. The topological polar surface area (TPSA) is 64.8 Å². The van der Waals surface area contributed by atoms with Gasteiger partial charge in [0.25, 0.3) is 5.91 Å². The summed E-state index contributed by atoms with van der Waals surface area (Å²) in [6, 6.07) is 5.43. The largest absolute Gasteiger partial charge is 0.486 e. The summed E-state index contributed by atoms with van der Waals surface area (Å²) >= 11 is 0. The molecule has 1 aromatic carbocycles. The van der Waals surface area contributed by atoms with Gasteiger partial charge in [-0.15, -0.1) is 0 Å². The van der Waals surface area contributed by atoms with Gasteiger partial charge in [0, 0.05) is 13.6 Å². The van der Waals surface area contributed by atoms with Gasteiger partial charge >= 0.3 is 0 Å². The van der Waals surface area contributed by atoms with Gasteiger partial charge in [-0.25, -0.2) is 0 Å². The predicted octanol–water partition coefficient (Wildman–Crippen LogP) is 1.66. The van der Waals surface area contributed by atoms with Gasteiger partial charge in [0.15, 0.2) is 11.5 Å². The highest BCUT2D eigenvalue weighted by atomic mass is 16.6. The first kappa shape index (κ1) is 14.7. The van der Waals surface area contributed by atoms with Gasteiger partial charge in [0.2, 0.25) is 0 Å². The number of amides is 1. The quantitative estimate of drug-likeness (QED) is 0.804. The predicted molar refractivity (Wildman–Crippen MR) is 77.3 cm³/mol. The number of benzene rings is 1. The Hall–Kier alpha value is -1.75. The Morgan fingerprint density at radius 1 is 1.25 bits per heavy atom. The first-order chi connectivity index (χ1) is 9.74. The number of para-hydroxylation sites is 1. The van der Waals surface area contributed by atoms with E-state index >= 15 is 0 Å². The lowest BCUT2D eigenvalue weighted by molar-refractivity contribution is 0.0782. The second-order valence-corrected chi connectivity index (χ2v) is 4.91. The molecule has 0 fully saturated rings. The average molecular weight is 278 g/mol. The highest BCUT2D eigenvalue weighted by molar-refractivity contribution is 5.97. The molecular formula is C15H22N2O3. The van der Waals surface area contributed by atoms with Gasteiger partial charge in [-0.2, -0.15) is 0 Å². The third-order valence-corrected chi connectivity index (χ3v) is 3.34. The Balaban J connectivity index is 2.01. The van der Waals surface area contributed by atoms with Gasteiger partial charge in [-0.3, -0.25) is 4.79 Å². The molecule has 0 aliphatic carbocycles. The summed E-state index contributed by atoms with van der Waals surface area (Å²) in [6.07, 6.45) is 3.01. The summed E-state index contributed by atoms with van der Waals surface area (Å²) in [5, 5.41) is 0. The van der Waals surface area contributed by atoms with Gasteiger partial charge in [0.05, 0.1) is 5.56 Å². The minimum Gasteiger partial charge on any atom is -0.486 e. The number of nitrogens with zero attached hydrogens (tertiary/aromatic N) is 1. The average Bonchev–Trinajstić information content (AvgIpc) is 2.50. The number of carbonyl (C=O) groups excluding carboxylic acids is 1. The number of unbranched alkanes of at least 4 members (excludes halogenated alkanes) is 2. The molecule has 0 radical (unpaired) electrons. The maximum absolute atomic E-state index is 12.4. The van der Waals surface area contributed by atoms with Crippen molar-refractivity contribution in [3.63, 3.8) is 0 Å². The monoisotopic (exact) mass is 278 g/mol. The lowest BCUT2D eigenvalue weighted by Gasteiger charge is -2.23. The molecule has 0 spiro atoms. The Kier molecular flexibility index (Phi) is 5.24. The standard InChI is InChI=1S/C15H22N2O3/c1-17(9-4-2-3-8-16)15(18)12-6-5-7-13-14(12)20-11-10-19-13/h5-7H,2-4,8-11,16H2,1H3. The molecule has 0 atom stereocenters. The summed E-state index contributed by atoms with van der Waals surface area (Å²) in [7, 11) is 1.81. The molecule has 0 bridgehead atoms. The summed E-state index contributed by atoms with van der Waals surface area (Å²) in [5.74, 6) is 1.19. The third kappa shape index (κ3) is 3.42. The summed E-state index contributed by atoms with van der Waals surface area (Å²) in [5.41, 5.74) is 6.03. The fraction of sp³-hybridized carbons (Fsp3) is 0.533. The normalized spacial score (nSPS) is 13.1. The molecule has 0 aromatic heterocycles. The Bertz CT molecular complexity index is 462. The van der Waals surface area contributed by atoms with E-state index in [1.165, 1.54) is 0 Å². The molecule has 1 aliphatic rings. The van der Waals surface area contributed by atoms with E-state index in [9.17, 15) is 4.79 Å². The van der Waals surface area contributed by atoms with Gasteiger partial charge in [-0.05, 0) is 31.5 Å². The summed E-state index contributed by atoms with van der Waals surface area (Å²) in [4.78, 5) is 14.2. The number of hydrogen-bond donors (Lipinski definition) is 1. The molecule has 5 nitrogen and oxygen atoms in total. The second kappa shape index (κ2) is 7.14. The molecule has 1 aromatic rings. The van der Waals surface area contributed by atoms with Crippen LogP contribution in [-0.2, 0) is 0 Å². The maximum Gasteiger partial charge on any atom is 0.257 e. The lowest BCUT2D eigenvalue weighted by Crippen LogP contribution is -2.29. The van der Waals surface area contributed by atoms with Crippen molar-refractivity contribution in [2.24, 2.45) is 5.73 Å². The zero-order valence-corrected chi connectivity index (χ0v) is 11.9. The van der Waals surface area contributed by atoms with Crippen molar-refractivity contribution >= 4 is 5.91 Å². The number of nitrogens with two attached hydrogens (primary N) is 1. The van der Waals surface area contributed by atoms with Gasteiger partial charge in [-0.1, -0.05) is 12.5 Å². The molecule has 1 heterocycles. The van der Waals surface area contributed by atoms with Crippen molar-refractivity contribution in [3.05, 3.63) is 23.8 Å². The summed E-state index contributed by atoms with van der Waals surface area (Å²) < 4.78 is 11.1. The molecular weight excluding hydrogens is 256 g/mol. The van der Waals surface area contributed by atoms with E-state index in [0.717, 1.165) is 25.8 Å². The van der Waals surface area contributed by atoms with E-state index in [1.54, 1.807) is 11.0 Å². The Labute approximate surface area is 119 Å². The third-order valence-electron chi connectivity index (χ3n) is 3.34. The zero-order chi connectivity index (χ0) is 14.4.